The Kier molecular flexibility index (Phi) is 7.28. The van der Waals surface area contributed by atoms with Crippen molar-refractivity contribution in [1.29, 1.82) is 0 Å². The van der Waals surface area contributed by atoms with E-state index in [2.05, 4.69) is 4.90 Å². The summed E-state index contributed by atoms with van der Waals surface area (Å²) >= 11 is 0. The quantitative estimate of drug-likeness (QED) is 0.702. The van der Waals surface area contributed by atoms with Gasteiger partial charge in [-0.1, -0.05) is 18.2 Å². The molecule has 3 rings (SSSR count). The number of ether oxygens (including phenoxy) is 2. The number of carbonyl (C=O) groups excluding carboxylic acids is 2. The Labute approximate surface area is 167 Å². The minimum Gasteiger partial charge on any atom is -0.496 e. The second-order valence-electron chi connectivity index (χ2n) is 7.48. The number of carbonyl (C=O) groups is 2. The van der Waals surface area contributed by atoms with Crippen LogP contribution >= 0.6 is 0 Å². The lowest BCUT2D eigenvalue weighted by Gasteiger charge is -2.39. The summed E-state index contributed by atoms with van der Waals surface area (Å²) < 4.78 is 10.5. The maximum Gasteiger partial charge on any atom is 0.227 e. The molecule has 0 aromatic heterocycles. The van der Waals surface area contributed by atoms with Crippen molar-refractivity contribution in [3.8, 4) is 5.75 Å². The summed E-state index contributed by atoms with van der Waals surface area (Å²) in [6.07, 6.45) is 1.07. The highest BCUT2D eigenvalue weighted by Gasteiger charge is 2.34. The molecular weight excluding hydrogens is 358 g/mol. The second-order valence-corrected chi connectivity index (χ2v) is 7.48. The summed E-state index contributed by atoms with van der Waals surface area (Å²) in [5, 5.41) is 0. The third-order valence-electron chi connectivity index (χ3n) is 5.70. The molecule has 1 aromatic rings. The molecule has 7 nitrogen and oxygen atoms in total. The number of hydrogen-bond acceptors (Lipinski definition) is 5. The third kappa shape index (κ3) is 5.02. The molecule has 2 aliphatic rings. The van der Waals surface area contributed by atoms with Crippen LogP contribution in [0.3, 0.4) is 0 Å². The fourth-order valence-electron chi connectivity index (χ4n) is 3.98. The van der Waals surface area contributed by atoms with Crippen LogP contribution in [-0.2, 0) is 20.9 Å². The van der Waals surface area contributed by atoms with Gasteiger partial charge in [-0.15, -0.1) is 0 Å². The molecule has 2 aliphatic heterocycles. The second kappa shape index (κ2) is 9.89. The molecular formula is C21H31N3O4. The summed E-state index contributed by atoms with van der Waals surface area (Å²) in [7, 11) is 3.34. The fraction of sp³-hybridized carbons (Fsp3) is 0.619. The van der Waals surface area contributed by atoms with E-state index in [0.717, 1.165) is 50.6 Å². The van der Waals surface area contributed by atoms with Crippen LogP contribution in [-0.4, -0.2) is 86.6 Å². The molecule has 1 atom stereocenters. The first kappa shape index (κ1) is 20.6. The fourth-order valence-corrected chi connectivity index (χ4v) is 3.98. The summed E-state index contributed by atoms with van der Waals surface area (Å²) in [6.45, 7) is 5.85. The predicted octanol–water partition coefficient (Wildman–Crippen LogP) is 1.22. The van der Waals surface area contributed by atoms with Gasteiger partial charge >= 0.3 is 0 Å². The highest BCUT2D eigenvalue weighted by atomic mass is 16.5. The van der Waals surface area contributed by atoms with Gasteiger partial charge in [0.1, 0.15) is 5.75 Å². The number of piperidine rings is 1. The summed E-state index contributed by atoms with van der Waals surface area (Å²) in [4.78, 5) is 31.5. The maximum absolute atomic E-state index is 13.0. The molecule has 7 heteroatoms. The lowest BCUT2D eigenvalue weighted by atomic mass is 9.95. The number of piperazine rings is 1. The number of para-hydroxylation sites is 1. The Morgan fingerprint density at radius 1 is 1.14 bits per heavy atom. The van der Waals surface area contributed by atoms with Gasteiger partial charge in [0.15, 0.2) is 0 Å². The van der Waals surface area contributed by atoms with E-state index in [1.54, 1.807) is 19.1 Å². The van der Waals surface area contributed by atoms with Crippen molar-refractivity contribution in [1.82, 2.24) is 14.7 Å². The summed E-state index contributed by atoms with van der Waals surface area (Å²) in [6, 6.07) is 7.73. The average Bonchev–Trinajstić information content (AvgIpc) is 2.74. The van der Waals surface area contributed by atoms with Crippen molar-refractivity contribution in [2.75, 3.05) is 60.1 Å². The van der Waals surface area contributed by atoms with Gasteiger partial charge in [-0.2, -0.15) is 0 Å². The van der Waals surface area contributed by atoms with Crippen LogP contribution in [0.5, 0.6) is 5.75 Å². The molecule has 0 radical (unpaired) electrons. The van der Waals surface area contributed by atoms with E-state index in [4.69, 9.17) is 9.47 Å². The monoisotopic (exact) mass is 389 g/mol. The summed E-state index contributed by atoms with van der Waals surface area (Å²) in [5.74, 6) is 0.956. The van der Waals surface area contributed by atoms with E-state index in [1.165, 1.54) is 0 Å². The van der Waals surface area contributed by atoms with Gasteiger partial charge in [-0.05, 0) is 12.5 Å². The largest absolute Gasteiger partial charge is 0.496 e. The van der Waals surface area contributed by atoms with Gasteiger partial charge in [0.05, 0.1) is 19.6 Å². The lowest BCUT2D eigenvalue weighted by Crippen LogP contribution is -2.53. The average molecular weight is 389 g/mol. The van der Waals surface area contributed by atoms with Crippen molar-refractivity contribution < 1.29 is 19.1 Å². The molecule has 2 heterocycles. The predicted molar refractivity (Wildman–Crippen MR) is 106 cm³/mol. The number of likely N-dealkylation sites (tertiary alicyclic amines) is 1. The zero-order valence-electron chi connectivity index (χ0n) is 16.9. The third-order valence-corrected chi connectivity index (χ3v) is 5.70. The Bertz CT molecular complexity index is 673. The van der Waals surface area contributed by atoms with E-state index in [-0.39, 0.29) is 17.7 Å². The number of amides is 2. The van der Waals surface area contributed by atoms with Crippen LogP contribution < -0.4 is 4.74 Å². The van der Waals surface area contributed by atoms with Gasteiger partial charge in [-0.25, -0.2) is 0 Å². The molecule has 154 valence electrons. The minimum absolute atomic E-state index is 0.111. The van der Waals surface area contributed by atoms with Crippen molar-refractivity contribution in [2.45, 2.75) is 19.4 Å². The van der Waals surface area contributed by atoms with E-state index in [1.807, 2.05) is 29.2 Å². The molecule has 2 saturated heterocycles. The van der Waals surface area contributed by atoms with Gasteiger partial charge in [0.25, 0.3) is 0 Å². The van der Waals surface area contributed by atoms with E-state index in [0.29, 0.717) is 25.9 Å². The van der Waals surface area contributed by atoms with Crippen molar-refractivity contribution >= 4 is 11.8 Å². The number of benzene rings is 1. The Morgan fingerprint density at radius 3 is 2.61 bits per heavy atom. The van der Waals surface area contributed by atoms with Gasteiger partial charge in [0, 0.05) is 64.9 Å². The molecule has 0 aliphatic carbocycles. The zero-order valence-corrected chi connectivity index (χ0v) is 16.9. The topological polar surface area (TPSA) is 62.3 Å². The van der Waals surface area contributed by atoms with E-state index in [9.17, 15) is 9.59 Å². The summed E-state index contributed by atoms with van der Waals surface area (Å²) in [5.41, 5.74) is 0.971. The number of methoxy groups -OCH3 is 2. The molecule has 0 unspecified atom stereocenters. The number of hydrogen-bond donors (Lipinski definition) is 0. The van der Waals surface area contributed by atoms with Crippen LogP contribution in [0, 0.1) is 5.92 Å². The maximum atomic E-state index is 13.0. The molecule has 2 fully saturated rings. The number of nitrogens with zero attached hydrogens (tertiary/aromatic N) is 3. The van der Waals surface area contributed by atoms with Crippen LogP contribution in [0.1, 0.15) is 18.4 Å². The van der Waals surface area contributed by atoms with Gasteiger partial charge < -0.3 is 19.3 Å². The molecule has 28 heavy (non-hydrogen) atoms. The normalized spacial score (nSPS) is 21.1. The molecule has 0 spiro atoms. The van der Waals surface area contributed by atoms with Crippen LogP contribution in [0.4, 0.5) is 0 Å². The van der Waals surface area contributed by atoms with Crippen molar-refractivity contribution in [3.63, 3.8) is 0 Å². The highest BCUT2D eigenvalue weighted by molar-refractivity contribution is 5.84. The smallest absolute Gasteiger partial charge is 0.227 e. The Hall–Kier alpha value is -2.12. The SMILES string of the molecule is COCCN1CCN(C(=O)[C@H]2CCC(=O)N(Cc3ccccc3OC)C2)CC1. The highest BCUT2D eigenvalue weighted by Crippen LogP contribution is 2.25. The molecule has 0 N–H and O–H groups in total. The van der Waals surface area contributed by atoms with Gasteiger partial charge in [0.2, 0.25) is 11.8 Å². The van der Waals surface area contributed by atoms with Crippen LogP contribution in [0.2, 0.25) is 0 Å². The first-order valence-corrected chi connectivity index (χ1v) is 10.0. The standard InChI is InChI=1S/C21H31N3O4/c1-27-14-13-22-9-11-23(12-10-22)21(26)18-7-8-20(25)24(16-18)15-17-5-3-4-6-19(17)28-2/h3-6,18H,7-16H2,1-2H3/t18-/m0/s1. The lowest BCUT2D eigenvalue weighted by molar-refractivity contribution is -0.144. The first-order valence-electron chi connectivity index (χ1n) is 10.0. The zero-order chi connectivity index (χ0) is 19.9. The van der Waals surface area contributed by atoms with Crippen LogP contribution in [0.25, 0.3) is 0 Å². The molecule has 1 aromatic carbocycles. The first-order chi connectivity index (χ1) is 13.6. The Morgan fingerprint density at radius 2 is 1.89 bits per heavy atom. The number of rotatable bonds is 7. The molecule has 2 amide bonds. The minimum atomic E-state index is -0.113. The molecule has 0 saturated carbocycles. The van der Waals surface area contributed by atoms with E-state index >= 15 is 0 Å². The van der Waals surface area contributed by atoms with Gasteiger partial charge in [-0.3, -0.25) is 14.5 Å². The van der Waals surface area contributed by atoms with E-state index < -0.39 is 0 Å². The Balaban J connectivity index is 1.56. The van der Waals surface area contributed by atoms with Crippen molar-refractivity contribution in [3.05, 3.63) is 29.8 Å². The van der Waals surface area contributed by atoms with Crippen LogP contribution in [0.15, 0.2) is 24.3 Å². The molecule has 0 bridgehead atoms. The van der Waals surface area contributed by atoms with Crippen molar-refractivity contribution in [2.24, 2.45) is 5.92 Å².